The highest BCUT2D eigenvalue weighted by molar-refractivity contribution is 5.83. The van der Waals surface area contributed by atoms with E-state index in [9.17, 15) is 24.9 Å². The van der Waals surface area contributed by atoms with Crippen molar-refractivity contribution >= 4 is 11.8 Å². The smallest absolute Gasteiger partial charge is 0.311 e. The standard InChI is InChI=1S/C31H57NO10/c1-13-22-31(8,37)26(35)18(4)23(33)16(2)15-30(7,39-12)27(19(5)24(34)20(6)28(36)41-22)42-29-25(38-11)21(32(9)10)14-17(3)40-29/h16-22,24-27,29,34-35,37H,13-15H2,1-12H3/t16-,17-,18+,19+,20-,21+,22-,24+,25-,26-,27-,29+,30+,31-/m1/s1. The van der Waals surface area contributed by atoms with Gasteiger partial charge in [-0.3, -0.25) is 9.59 Å². The Morgan fingerprint density at radius 3 is 2.12 bits per heavy atom. The molecule has 14 atom stereocenters. The number of methoxy groups -OCH3 is 2. The second kappa shape index (κ2) is 14.7. The van der Waals surface area contributed by atoms with E-state index in [2.05, 4.69) is 4.90 Å². The summed E-state index contributed by atoms with van der Waals surface area (Å²) in [6.45, 7) is 13.5. The lowest BCUT2D eigenvalue weighted by molar-refractivity contribution is -0.305. The van der Waals surface area contributed by atoms with E-state index in [1.807, 2.05) is 21.0 Å². The van der Waals surface area contributed by atoms with Crippen molar-refractivity contribution in [2.75, 3.05) is 28.3 Å². The van der Waals surface area contributed by atoms with Crippen LogP contribution < -0.4 is 0 Å². The summed E-state index contributed by atoms with van der Waals surface area (Å²) < 4.78 is 30.6. The normalized spacial score (nSPS) is 46.8. The first-order valence-corrected chi connectivity index (χ1v) is 15.3. The van der Waals surface area contributed by atoms with Gasteiger partial charge in [-0.05, 0) is 61.1 Å². The minimum absolute atomic E-state index is 0.00759. The van der Waals surface area contributed by atoms with Crippen LogP contribution in [0, 0.1) is 23.7 Å². The molecule has 11 nitrogen and oxygen atoms in total. The second-order valence-corrected chi connectivity index (χ2v) is 13.3. The van der Waals surface area contributed by atoms with Crippen LogP contribution in [0.15, 0.2) is 0 Å². The molecule has 2 heterocycles. The molecule has 0 saturated carbocycles. The molecule has 0 unspecified atom stereocenters. The van der Waals surface area contributed by atoms with Gasteiger partial charge in [0.25, 0.3) is 0 Å². The van der Waals surface area contributed by atoms with Crippen LogP contribution in [0.2, 0.25) is 0 Å². The zero-order valence-electron chi connectivity index (χ0n) is 27.7. The minimum Gasteiger partial charge on any atom is -0.459 e. The third kappa shape index (κ3) is 7.72. The highest BCUT2D eigenvalue weighted by atomic mass is 16.7. The van der Waals surface area contributed by atoms with Gasteiger partial charge in [-0.25, -0.2) is 0 Å². The molecule has 0 spiro atoms. The molecule has 2 saturated heterocycles. The summed E-state index contributed by atoms with van der Waals surface area (Å²) in [5, 5.41) is 34.0. The molecule has 42 heavy (non-hydrogen) atoms. The van der Waals surface area contributed by atoms with Gasteiger partial charge in [-0.2, -0.15) is 0 Å². The maximum Gasteiger partial charge on any atom is 0.311 e. The fourth-order valence-electron chi connectivity index (χ4n) is 6.83. The topological polar surface area (TPSA) is 144 Å². The van der Waals surface area contributed by atoms with Crippen LogP contribution in [0.5, 0.6) is 0 Å². The zero-order chi connectivity index (χ0) is 32.3. The molecule has 2 rings (SSSR count). The lowest BCUT2D eigenvalue weighted by atomic mass is 9.74. The number of esters is 1. The summed E-state index contributed by atoms with van der Waals surface area (Å²) in [6, 6.07) is -0.00759. The van der Waals surface area contributed by atoms with Crippen molar-refractivity contribution in [2.45, 2.75) is 135 Å². The third-order valence-electron chi connectivity index (χ3n) is 9.77. The molecule has 0 amide bonds. The summed E-state index contributed by atoms with van der Waals surface area (Å²) in [6.07, 6.45) is -5.03. The van der Waals surface area contributed by atoms with Crippen LogP contribution in [-0.4, -0.2) is 120 Å². The average Bonchev–Trinajstić information content (AvgIpc) is 2.94. The molecule has 0 bridgehead atoms. The first kappa shape index (κ1) is 37.0. The van der Waals surface area contributed by atoms with Crippen LogP contribution in [0.3, 0.4) is 0 Å². The van der Waals surface area contributed by atoms with Crippen LogP contribution in [0.25, 0.3) is 0 Å². The maximum atomic E-state index is 13.7. The number of Topliss-reactive ketones (excluding diaryl/α,β-unsaturated/α-hetero) is 1. The molecule has 11 heteroatoms. The summed E-state index contributed by atoms with van der Waals surface area (Å²) in [7, 11) is 7.05. The zero-order valence-corrected chi connectivity index (χ0v) is 27.7. The number of carbonyl (C=O) groups is 2. The van der Waals surface area contributed by atoms with Crippen LogP contribution in [0.4, 0.5) is 0 Å². The number of ketones is 1. The SMILES string of the molecule is CC[C@H]1OC(=O)[C@H](C)[C@@H](O)[C@H](C)[C@@H](O[C@@H]2O[C@H](C)C[C@H](N(C)C)[C@H]2OC)[C@@](C)(OC)C[C@@H](C)C(=O)[C@H](C)[C@@H](O)[C@]1(C)O. The number of nitrogens with zero attached hydrogens (tertiary/aromatic N) is 1. The monoisotopic (exact) mass is 603 g/mol. The Labute approximate surface area is 252 Å². The van der Waals surface area contributed by atoms with E-state index in [1.54, 1.807) is 48.7 Å². The minimum atomic E-state index is -1.90. The average molecular weight is 604 g/mol. The summed E-state index contributed by atoms with van der Waals surface area (Å²) in [5.41, 5.74) is -3.04. The van der Waals surface area contributed by atoms with Crippen molar-refractivity contribution in [2.24, 2.45) is 23.7 Å². The van der Waals surface area contributed by atoms with Gasteiger partial charge < -0.3 is 43.9 Å². The molecule has 0 aromatic rings. The first-order chi connectivity index (χ1) is 19.4. The molecule has 2 aliphatic rings. The fraction of sp³-hybridized carbons (Fsp3) is 0.935. The number of aliphatic hydroxyl groups excluding tert-OH is 2. The number of carbonyl (C=O) groups excluding carboxylic acids is 2. The van der Waals surface area contributed by atoms with E-state index in [0.29, 0.717) is 0 Å². The maximum absolute atomic E-state index is 13.7. The molecule has 0 aliphatic carbocycles. The lowest BCUT2D eigenvalue weighted by Crippen LogP contribution is -2.60. The molecule has 2 aliphatic heterocycles. The van der Waals surface area contributed by atoms with Crippen molar-refractivity contribution in [1.29, 1.82) is 0 Å². The largest absolute Gasteiger partial charge is 0.459 e. The van der Waals surface area contributed by atoms with Crippen molar-refractivity contribution in [3.05, 3.63) is 0 Å². The van der Waals surface area contributed by atoms with Crippen LogP contribution in [-0.2, 0) is 33.3 Å². The fourth-order valence-corrected chi connectivity index (χ4v) is 6.83. The summed E-state index contributed by atoms with van der Waals surface area (Å²) in [4.78, 5) is 29.0. The van der Waals surface area contributed by atoms with Gasteiger partial charge in [0.2, 0.25) is 0 Å². The highest BCUT2D eigenvalue weighted by Gasteiger charge is 2.52. The van der Waals surface area contributed by atoms with Crippen molar-refractivity contribution < 1.29 is 48.6 Å². The Bertz CT molecular complexity index is 899. The van der Waals surface area contributed by atoms with Gasteiger partial charge in [0.1, 0.15) is 23.6 Å². The number of rotatable bonds is 6. The Kier molecular flexibility index (Phi) is 13.0. The quantitative estimate of drug-likeness (QED) is 0.384. The molecule has 3 N–H and O–H groups in total. The Balaban J connectivity index is 2.63. The molecule has 0 aromatic carbocycles. The van der Waals surface area contributed by atoms with Gasteiger partial charge in [0.15, 0.2) is 6.29 Å². The molecular weight excluding hydrogens is 546 g/mol. The van der Waals surface area contributed by atoms with Gasteiger partial charge in [0, 0.05) is 38.0 Å². The molecule has 0 aromatic heterocycles. The Hall–Kier alpha value is -1.18. The van der Waals surface area contributed by atoms with Crippen molar-refractivity contribution in [1.82, 2.24) is 4.90 Å². The number of hydrogen-bond donors (Lipinski definition) is 3. The lowest BCUT2D eigenvalue weighted by Gasteiger charge is -2.48. The first-order valence-electron chi connectivity index (χ1n) is 15.3. The number of cyclic esters (lactones) is 1. The van der Waals surface area contributed by atoms with E-state index >= 15 is 0 Å². The van der Waals surface area contributed by atoms with E-state index in [0.717, 1.165) is 6.42 Å². The number of aliphatic hydroxyl groups is 3. The predicted molar refractivity (Wildman–Crippen MR) is 157 cm³/mol. The van der Waals surface area contributed by atoms with E-state index in [1.165, 1.54) is 14.0 Å². The highest BCUT2D eigenvalue weighted by Crippen LogP contribution is 2.39. The Morgan fingerprint density at radius 1 is 1.02 bits per heavy atom. The number of hydrogen-bond acceptors (Lipinski definition) is 11. The molecular formula is C31H57NO10. The second-order valence-electron chi connectivity index (χ2n) is 13.3. The van der Waals surface area contributed by atoms with Crippen molar-refractivity contribution in [3.63, 3.8) is 0 Å². The third-order valence-corrected chi connectivity index (χ3v) is 9.77. The summed E-state index contributed by atoms with van der Waals surface area (Å²) in [5.74, 6) is -4.30. The molecule has 0 radical (unpaired) electrons. The van der Waals surface area contributed by atoms with Crippen LogP contribution >= 0.6 is 0 Å². The van der Waals surface area contributed by atoms with E-state index < -0.39 is 77.7 Å². The van der Waals surface area contributed by atoms with Gasteiger partial charge in [0.05, 0.1) is 35.9 Å². The van der Waals surface area contributed by atoms with Gasteiger partial charge in [-0.1, -0.05) is 27.7 Å². The summed E-state index contributed by atoms with van der Waals surface area (Å²) >= 11 is 0. The number of likely N-dealkylation sites (N-methyl/N-ethyl adjacent to an activating group) is 1. The molecule has 246 valence electrons. The molecule has 2 fully saturated rings. The number of ether oxygens (including phenoxy) is 5. The van der Waals surface area contributed by atoms with E-state index in [4.69, 9.17) is 23.7 Å². The van der Waals surface area contributed by atoms with E-state index in [-0.39, 0.29) is 30.8 Å². The predicted octanol–water partition coefficient (Wildman–Crippen LogP) is 2.17. The van der Waals surface area contributed by atoms with Crippen LogP contribution in [0.1, 0.15) is 74.7 Å². The van der Waals surface area contributed by atoms with Gasteiger partial charge >= 0.3 is 5.97 Å². The Morgan fingerprint density at radius 2 is 1.62 bits per heavy atom. The van der Waals surface area contributed by atoms with Gasteiger partial charge in [-0.15, -0.1) is 0 Å². The van der Waals surface area contributed by atoms with Crippen molar-refractivity contribution in [3.8, 4) is 0 Å².